The van der Waals surface area contributed by atoms with Crippen LogP contribution in [0.2, 0.25) is 0 Å². The molecule has 0 spiro atoms. The van der Waals surface area contributed by atoms with Crippen molar-refractivity contribution in [2.24, 2.45) is 17.3 Å². The second-order valence-electron chi connectivity index (χ2n) is 12.7. The number of anilines is 1. The van der Waals surface area contributed by atoms with Crippen LogP contribution in [0.3, 0.4) is 0 Å². The van der Waals surface area contributed by atoms with E-state index < -0.39 is 17.2 Å². The Labute approximate surface area is 236 Å². The van der Waals surface area contributed by atoms with Crippen LogP contribution in [0.1, 0.15) is 84.6 Å². The van der Waals surface area contributed by atoms with Gasteiger partial charge in [-0.15, -0.1) is 0 Å². The van der Waals surface area contributed by atoms with Gasteiger partial charge in [0.2, 0.25) is 11.8 Å². The predicted octanol–water partition coefficient (Wildman–Crippen LogP) is 5.01. The summed E-state index contributed by atoms with van der Waals surface area (Å²) in [5, 5.41) is 6.88. The van der Waals surface area contributed by atoms with E-state index in [9.17, 15) is 22.8 Å². The van der Waals surface area contributed by atoms with E-state index in [2.05, 4.69) is 29.5 Å². The topological polar surface area (TPSA) is 77.6 Å². The Kier molecular flexibility index (Phi) is 9.68. The van der Waals surface area contributed by atoms with Gasteiger partial charge >= 0.3 is 6.18 Å². The summed E-state index contributed by atoms with van der Waals surface area (Å²) in [6.07, 6.45) is 4.25. The van der Waals surface area contributed by atoms with Crippen molar-refractivity contribution in [3.05, 3.63) is 23.9 Å². The van der Waals surface area contributed by atoms with Gasteiger partial charge in [0, 0.05) is 56.9 Å². The molecule has 4 rings (SSSR count). The predicted molar refractivity (Wildman–Crippen MR) is 150 cm³/mol. The van der Waals surface area contributed by atoms with Gasteiger partial charge in [0.05, 0.1) is 11.0 Å². The first-order valence-electron chi connectivity index (χ1n) is 15.0. The molecule has 1 aromatic heterocycles. The average Bonchev–Trinajstić information content (AvgIpc) is 3.54. The highest BCUT2D eigenvalue weighted by molar-refractivity contribution is 5.84. The molecule has 4 atom stereocenters. The molecule has 2 heterocycles. The van der Waals surface area contributed by atoms with Crippen LogP contribution in [-0.4, -0.2) is 66.0 Å². The van der Waals surface area contributed by atoms with E-state index in [1.807, 2.05) is 23.6 Å². The Morgan fingerprint density at radius 1 is 1.10 bits per heavy atom. The van der Waals surface area contributed by atoms with E-state index in [-0.39, 0.29) is 29.8 Å². The number of amides is 2. The molecule has 2 saturated carbocycles. The molecule has 1 saturated heterocycles. The summed E-state index contributed by atoms with van der Waals surface area (Å²) < 4.78 is 39.5. The molecule has 40 heavy (non-hydrogen) atoms. The smallest absolute Gasteiger partial charge is 0.354 e. The van der Waals surface area contributed by atoms with Gasteiger partial charge in [-0.2, -0.15) is 13.2 Å². The molecule has 2 N–H and O–H groups in total. The maximum atomic E-state index is 14.0. The molecule has 1 aromatic rings. The summed E-state index contributed by atoms with van der Waals surface area (Å²) in [4.78, 5) is 34.1. The summed E-state index contributed by atoms with van der Waals surface area (Å²) >= 11 is 0. The zero-order valence-electron chi connectivity index (χ0n) is 24.4. The van der Waals surface area contributed by atoms with Crippen molar-refractivity contribution >= 4 is 17.6 Å². The minimum absolute atomic E-state index is 0.120. The monoisotopic (exact) mass is 565 g/mol. The van der Waals surface area contributed by atoms with Crippen LogP contribution in [0.5, 0.6) is 0 Å². The highest BCUT2D eigenvalue weighted by Gasteiger charge is 2.50. The third-order valence-corrected chi connectivity index (χ3v) is 9.35. The first-order valence-corrected chi connectivity index (χ1v) is 15.0. The van der Waals surface area contributed by atoms with E-state index in [1.165, 1.54) is 12.6 Å². The van der Waals surface area contributed by atoms with Crippen molar-refractivity contribution in [3.8, 4) is 0 Å². The van der Waals surface area contributed by atoms with Gasteiger partial charge in [-0.1, -0.05) is 20.3 Å². The van der Waals surface area contributed by atoms with Crippen LogP contribution >= 0.6 is 0 Å². The van der Waals surface area contributed by atoms with Crippen LogP contribution < -0.4 is 15.5 Å². The molecule has 0 radical (unpaired) electrons. The number of halogens is 3. The van der Waals surface area contributed by atoms with Gasteiger partial charge < -0.3 is 20.4 Å². The van der Waals surface area contributed by atoms with E-state index in [0.717, 1.165) is 50.7 Å². The lowest BCUT2D eigenvalue weighted by Crippen LogP contribution is -2.54. The largest absolute Gasteiger partial charge is 0.416 e. The number of carbonyl (C=O) groups is 2. The number of carbonyl (C=O) groups excluding carboxylic acids is 2. The number of piperazine rings is 1. The lowest BCUT2D eigenvalue weighted by Gasteiger charge is -2.42. The van der Waals surface area contributed by atoms with Crippen molar-refractivity contribution in [3.63, 3.8) is 0 Å². The molecule has 0 aromatic carbocycles. The third-order valence-electron chi connectivity index (χ3n) is 9.35. The van der Waals surface area contributed by atoms with Crippen molar-refractivity contribution in [1.82, 2.24) is 20.5 Å². The van der Waals surface area contributed by atoms with Crippen LogP contribution in [-0.2, 0) is 15.8 Å². The SMILES string of the molecule is CC(C)NC(=O)CCC1CCCC1N[C@@H]1CC[C@@](C(=O)N2CCN(c3cc(C(F)(F)F)ccn3)CC2)(C(C)C)C1. The summed E-state index contributed by atoms with van der Waals surface area (Å²) in [7, 11) is 0. The summed E-state index contributed by atoms with van der Waals surface area (Å²) in [5.74, 6) is 1.28. The molecule has 3 fully saturated rings. The maximum Gasteiger partial charge on any atom is 0.416 e. The number of rotatable bonds is 9. The molecule has 10 heteroatoms. The zero-order valence-corrected chi connectivity index (χ0v) is 24.4. The normalized spacial score (nSPS) is 27.6. The highest BCUT2D eigenvalue weighted by atomic mass is 19.4. The number of hydrogen-bond acceptors (Lipinski definition) is 5. The summed E-state index contributed by atoms with van der Waals surface area (Å²) in [6.45, 7) is 10.1. The Morgan fingerprint density at radius 2 is 1.82 bits per heavy atom. The van der Waals surface area contributed by atoms with Crippen LogP contribution in [0, 0.1) is 17.3 Å². The first-order chi connectivity index (χ1) is 18.9. The number of nitrogens with zero attached hydrogens (tertiary/aromatic N) is 3. The van der Waals surface area contributed by atoms with E-state index in [4.69, 9.17) is 0 Å². The van der Waals surface area contributed by atoms with Crippen LogP contribution in [0.4, 0.5) is 19.0 Å². The molecule has 2 unspecified atom stereocenters. The minimum Gasteiger partial charge on any atom is -0.354 e. The Bertz CT molecular complexity index is 1020. The number of aromatic nitrogens is 1. The molecule has 3 aliphatic rings. The van der Waals surface area contributed by atoms with Gasteiger partial charge in [-0.25, -0.2) is 4.98 Å². The van der Waals surface area contributed by atoms with Crippen molar-refractivity contribution in [2.45, 2.75) is 103 Å². The Balaban J connectivity index is 1.33. The number of hydrogen-bond donors (Lipinski definition) is 2. The standard InChI is InChI=1S/C30H46F3N5O2/c1-20(2)29(12-10-24(19-29)36-25-7-5-6-22(25)8-9-27(39)35-21(3)4)28(40)38-16-14-37(15-17-38)26-18-23(11-13-34-26)30(31,32)33/h11,13,18,20-22,24-25,36H,5-10,12,14-17,19H2,1-4H3,(H,35,39)/t22?,24-,25?,29+/m1/s1. The lowest BCUT2D eigenvalue weighted by molar-refractivity contribution is -0.145. The molecule has 1 aliphatic heterocycles. The van der Waals surface area contributed by atoms with Crippen molar-refractivity contribution in [2.75, 3.05) is 31.1 Å². The van der Waals surface area contributed by atoms with Gasteiger partial charge in [0.1, 0.15) is 5.82 Å². The molecule has 224 valence electrons. The van der Waals surface area contributed by atoms with Gasteiger partial charge in [0.25, 0.3) is 0 Å². The van der Waals surface area contributed by atoms with Gasteiger partial charge in [-0.05, 0) is 76.3 Å². The average molecular weight is 566 g/mol. The number of pyridine rings is 1. The van der Waals surface area contributed by atoms with E-state index >= 15 is 0 Å². The fourth-order valence-electron chi connectivity index (χ4n) is 7.02. The maximum absolute atomic E-state index is 14.0. The second-order valence-corrected chi connectivity index (χ2v) is 12.7. The molecule has 2 amide bonds. The van der Waals surface area contributed by atoms with Crippen molar-refractivity contribution < 1.29 is 22.8 Å². The molecule has 7 nitrogen and oxygen atoms in total. The fraction of sp³-hybridized carbons (Fsp3) is 0.767. The third kappa shape index (κ3) is 7.09. The molecule has 0 bridgehead atoms. The fourth-order valence-corrected chi connectivity index (χ4v) is 7.02. The first kappa shape index (κ1) is 30.6. The van der Waals surface area contributed by atoms with E-state index in [0.29, 0.717) is 50.4 Å². The minimum atomic E-state index is -4.41. The number of nitrogens with one attached hydrogen (secondary N) is 2. The Hall–Kier alpha value is -2.36. The molecule has 2 aliphatic carbocycles. The van der Waals surface area contributed by atoms with Crippen LogP contribution in [0.25, 0.3) is 0 Å². The van der Waals surface area contributed by atoms with Gasteiger partial charge in [-0.3, -0.25) is 9.59 Å². The second kappa shape index (κ2) is 12.7. The number of alkyl halides is 3. The van der Waals surface area contributed by atoms with Crippen LogP contribution in [0.15, 0.2) is 18.3 Å². The van der Waals surface area contributed by atoms with E-state index in [1.54, 1.807) is 0 Å². The molecular formula is C30H46F3N5O2. The lowest BCUT2D eigenvalue weighted by atomic mass is 9.74. The quantitative estimate of drug-likeness (QED) is 0.441. The zero-order chi connectivity index (χ0) is 29.1. The van der Waals surface area contributed by atoms with Crippen molar-refractivity contribution in [1.29, 1.82) is 0 Å². The Morgan fingerprint density at radius 3 is 2.48 bits per heavy atom. The van der Waals surface area contributed by atoms with Gasteiger partial charge in [0.15, 0.2) is 0 Å². The summed E-state index contributed by atoms with van der Waals surface area (Å²) in [5.41, 5.74) is -1.14. The highest BCUT2D eigenvalue weighted by Crippen LogP contribution is 2.47. The summed E-state index contributed by atoms with van der Waals surface area (Å²) in [6, 6.07) is 2.89. The molecular weight excluding hydrogens is 519 g/mol.